The zero-order valence-electron chi connectivity index (χ0n) is 14.1. The van der Waals surface area contributed by atoms with Gasteiger partial charge in [-0.3, -0.25) is 0 Å². The Morgan fingerprint density at radius 1 is 0.958 bits per heavy atom. The maximum Gasteiger partial charge on any atom is 0.157 e. The second-order valence-corrected chi connectivity index (χ2v) is 6.93. The monoisotopic (exact) mass is 325 g/mol. The molecule has 0 radical (unpaired) electrons. The average molecular weight is 325 g/mol. The second-order valence-electron chi connectivity index (χ2n) is 6.93. The normalized spacial score (nSPS) is 20.8. The van der Waals surface area contributed by atoms with Gasteiger partial charge in [0.1, 0.15) is 0 Å². The third kappa shape index (κ3) is 4.51. The van der Waals surface area contributed by atoms with Crippen LogP contribution in [0.3, 0.4) is 0 Å². The fraction of sp³-hybridized carbons (Fsp3) is 0.429. The molecule has 1 aliphatic carbocycles. The van der Waals surface area contributed by atoms with Crippen molar-refractivity contribution in [1.82, 2.24) is 5.32 Å². The number of hydrogen-bond acceptors (Lipinski definition) is 3. The first kappa shape index (κ1) is 16.8. The van der Waals surface area contributed by atoms with Crippen LogP contribution in [0.25, 0.3) is 0 Å². The first-order valence-corrected chi connectivity index (χ1v) is 8.99. The van der Waals surface area contributed by atoms with Crippen LogP contribution in [0, 0.1) is 5.92 Å². The molecule has 0 aromatic heterocycles. The molecular formula is C21H27NO2. The topological polar surface area (TPSA) is 52.5 Å². The van der Waals surface area contributed by atoms with Crippen molar-refractivity contribution < 1.29 is 10.2 Å². The Hall–Kier alpha value is -2.00. The van der Waals surface area contributed by atoms with Crippen molar-refractivity contribution in [3.8, 4) is 11.5 Å². The number of benzene rings is 2. The molecule has 3 heteroatoms. The van der Waals surface area contributed by atoms with Gasteiger partial charge >= 0.3 is 0 Å². The second kappa shape index (κ2) is 8.20. The van der Waals surface area contributed by atoms with Gasteiger partial charge in [0.25, 0.3) is 0 Å². The van der Waals surface area contributed by atoms with Gasteiger partial charge in [-0.2, -0.15) is 0 Å². The van der Waals surface area contributed by atoms with E-state index in [1.807, 2.05) is 12.1 Å². The van der Waals surface area contributed by atoms with Gasteiger partial charge < -0.3 is 15.5 Å². The zero-order valence-corrected chi connectivity index (χ0v) is 14.1. The van der Waals surface area contributed by atoms with Crippen LogP contribution in [0.5, 0.6) is 11.5 Å². The molecule has 1 fully saturated rings. The van der Waals surface area contributed by atoms with Crippen LogP contribution in [-0.4, -0.2) is 16.8 Å². The number of phenolic OH excluding ortho intramolecular Hbond substituents is 2. The summed E-state index contributed by atoms with van der Waals surface area (Å²) < 4.78 is 0. The Kier molecular flexibility index (Phi) is 5.76. The smallest absolute Gasteiger partial charge is 0.157 e. The lowest BCUT2D eigenvalue weighted by molar-refractivity contribution is 0.301. The lowest BCUT2D eigenvalue weighted by Gasteiger charge is -2.29. The van der Waals surface area contributed by atoms with Gasteiger partial charge in [0, 0.05) is 6.54 Å². The molecule has 0 bridgehead atoms. The maximum atomic E-state index is 9.72. The molecule has 1 aliphatic rings. The van der Waals surface area contributed by atoms with Crippen LogP contribution in [0.4, 0.5) is 0 Å². The van der Waals surface area contributed by atoms with Gasteiger partial charge in [-0.25, -0.2) is 0 Å². The average Bonchev–Trinajstić information content (AvgIpc) is 2.62. The van der Waals surface area contributed by atoms with E-state index in [-0.39, 0.29) is 11.5 Å². The molecule has 2 aromatic carbocycles. The van der Waals surface area contributed by atoms with Gasteiger partial charge in [0.2, 0.25) is 0 Å². The Balaban J connectivity index is 1.46. The van der Waals surface area contributed by atoms with Crippen molar-refractivity contribution >= 4 is 0 Å². The molecule has 2 aromatic rings. The summed E-state index contributed by atoms with van der Waals surface area (Å²) in [6.07, 6.45) is 6.10. The Labute approximate surface area is 144 Å². The third-order valence-electron chi connectivity index (χ3n) is 5.15. The van der Waals surface area contributed by atoms with E-state index in [2.05, 4.69) is 29.6 Å². The van der Waals surface area contributed by atoms with E-state index in [4.69, 9.17) is 0 Å². The van der Waals surface area contributed by atoms with Crippen LogP contribution in [0.15, 0.2) is 48.5 Å². The predicted octanol–water partition coefficient (Wildman–Crippen LogP) is 4.55. The van der Waals surface area contributed by atoms with E-state index < -0.39 is 0 Å². The zero-order chi connectivity index (χ0) is 16.8. The molecule has 128 valence electrons. The van der Waals surface area contributed by atoms with Crippen molar-refractivity contribution in [2.24, 2.45) is 5.92 Å². The summed E-state index contributed by atoms with van der Waals surface area (Å²) in [4.78, 5) is 0. The summed E-state index contributed by atoms with van der Waals surface area (Å²) in [6.45, 7) is 1.98. The largest absolute Gasteiger partial charge is 0.504 e. The highest BCUT2D eigenvalue weighted by molar-refractivity contribution is 5.41. The minimum atomic E-state index is -0.0313. The fourth-order valence-electron chi connectivity index (χ4n) is 3.79. The molecule has 3 rings (SSSR count). The van der Waals surface area contributed by atoms with Gasteiger partial charge in [0.15, 0.2) is 11.5 Å². The Morgan fingerprint density at radius 2 is 1.79 bits per heavy atom. The Bertz CT molecular complexity index is 642. The van der Waals surface area contributed by atoms with Crippen LogP contribution in [-0.2, 0) is 6.54 Å². The highest BCUT2D eigenvalue weighted by Gasteiger charge is 2.23. The fourth-order valence-corrected chi connectivity index (χ4v) is 3.79. The number of aromatic hydroxyl groups is 2. The summed E-state index contributed by atoms with van der Waals surface area (Å²) in [5.74, 6) is 1.21. The van der Waals surface area contributed by atoms with E-state index >= 15 is 0 Å². The summed E-state index contributed by atoms with van der Waals surface area (Å²) >= 11 is 0. The number of hydrogen-bond donors (Lipinski definition) is 3. The van der Waals surface area contributed by atoms with E-state index in [1.54, 1.807) is 12.1 Å². The molecule has 3 nitrogen and oxygen atoms in total. The van der Waals surface area contributed by atoms with Crippen LogP contribution >= 0.6 is 0 Å². The van der Waals surface area contributed by atoms with E-state index in [9.17, 15) is 10.2 Å². The highest BCUT2D eigenvalue weighted by atomic mass is 16.3. The van der Waals surface area contributed by atoms with Crippen molar-refractivity contribution in [1.29, 1.82) is 0 Å². The molecule has 0 amide bonds. The van der Waals surface area contributed by atoms with Crippen molar-refractivity contribution in [3.63, 3.8) is 0 Å². The van der Waals surface area contributed by atoms with Gasteiger partial charge in [0.05, 0.1) is 0 Å². The summed E-state index contributed by atoms with van der Waals surface area (Å²) in [6, 6.07) is 15.8. The quantitative estimate of drug-likeness (QED) is 0.539. The molecule has 3 N–H and O–H groups in total. The van der Waals surface area contributed by atoms with E-state index in [1.165, 1.54) is 37.7 Å². The maximum absolute atomic E-state index is 9.72. The van der Waals surface area contributed by atoms with E-state index in [0.717, 1.165) is 24.6 Å². The van der Waals surface area contributed by atoms with Crippen LogP contribution in [0.2, 0.25) is 0 Å². The minimum absolute atomic E-state index is 0.000786. The van der Waals surface area contributed by atoms with Crippen LogP contribution < -0.4 is 5.32 Å². The first-order chi connectivity index (χ1) is 11.7. The van der Waals surface area contributed by atoms with Crippen LogP contribution in [0.1, 0.15) is 49.1 Å². The minimum Gasteiger partial charge on any atom is -0.504 e. The van der Waals surface area contributed by atoms with E-state index in [0.29, 0.717) is 5.92 Å². The van der Waals surface area contributed by atoms with Gasteiger partial charge in [-0.1, -0.05) is 49.2 Å². The molecule has 0 unspecified atom stereocenters. The lowest BCUT2D eigenvalue weighted by atomic mass is 9.77. The molecule has 24 heavy (non-hydrogen) atoms. The van der Waals surface area contributed by atoms with Crippen molar-refractivity contribution in [3.05, 3.63) is 59.7 Å². The first-order valence-electron chi connectivity index (χ1n) is 8.99. The van der Waals surface area contributed by atoms with Gasteiger partial charge in [-0.15, -0.1) is 0 Å². The van der Waals surface area contributed by atoms with Crippen molar-refractivity contribution in [2.75, 3.05) is 6.54 Å². The number of phenols is 2. The number of rotatable bonds is 6. The highest BCUT2D eigenvalue weighted by Crippen LogP contribution is 2.39. The molecule has 0 heterocycles. The standard InChI is InChI=1S/C21H27NO2/c23-20-10-9-19(14-21(20)24)18-8-4-7-16(13-18)11-12-22-15-17-5-2-1-3-6-17/h1-3,5-6,9-10,14,16,18,22-24H,4,7-8,11-13,15H2/t16-,18-/m0/s1. The SMILES string of the molecule is Oc1ccc([C@H]2CCC[C@@H](CCNCc3ccccc3)C2)cc1O. The summed E-state index contributed by atoms with van der Waals surface area (Å²) in [5.41, 5.74) is 2.49. The summed E-state index contributed by atoms with van der Waals surface area (Å²) in [5, 5.41) is 22.7. The predicted molar refractivity (Wildman–Crippen MR) is 97.2 cm³/mol. The molecule has 0 aliphatic heterocycles. The molecule has 0 spiro atoms. The molecule has 0 saturated heterocycles. The molecular weight excluding hydrogens is 298 g/mol. The summed E-state index contributed by atoms with van der Waals surface area (Å²) in [7, 11) is 0. The van der Waals surface area contributed by atoms with Crippen molar-refractivity contribution in [2.45, 2.75) is 44.6 Å². The lowest BCUT2D eigenvalue weighted by Crippen LogP contribution is -2.21. The molecule has 2 atom stereocenters. The third-order valence-corrected chi connectivity index (χ3v) is 5.15. The molecule has 1 saturated carbocycles. The number of nitrogens with one attached hydrogen (secondary N) is 1. The van der Waals surface area contributed by atoms with Gasteiger partial charge in [-0.05, 0) is 60.9 Å². The Morgan fingerprint density at radius 3 is 2.58 bits per heavy atom.